The summed E-state index contributed by atoms with van der Waals surface area (Å²) in [5, 5.41) is 20.9. The van der Waals surface area contributed by atoms with Gasteiger partial charge in [-0.1, -0.05) is 29.2 Å². The van der Waals surface area contributed by atoms with E-state index in [0.29, 0.717) is 6.42 Å². The van der Waals surface area contributed by atoms with Crippen molar-refractivity contribution < 1.29 is 9.47 Å². The van der Waals surface area contributed by atoms with Gasteiger partial charge in [0.15, 0.2) is 15.8 Å². The fourth-order valence-electron chi connectivity index (χ4n) is 2.00. The summed E-state index contributed by atoms with van der Waals surface area (Å²) in [7, 11) is 3.27. The molecule has 24 heavy (non-hydrogen) atoms. The van der Waals surface area contributed by atoms with Crippen LogP contribution in [0.5, 0.6) is 11.5 Å². The van der Waals surface area contributed by atoms with Gasteiger partial charge in [-0.15, -0.1) is 10.2 Å². The van der Waals surface area contributed by atoms with Gasteiger partial charge in [-0.05, 0) is 30.5 Å². The van der Waals surface area contributed by atoms with Crippen molar-refractivity contribution in [3.8, 4) is 17.6 Å². The van der Waals surface area contributed by atoms with Crippen LogP contribution in [0.1, 0.15) is 18.4 Å². The molecule has 2 aromatic rings. The summed E-state index contributed by atoms with van der Waals surface area (Å²) >= 11 is 3.19. The van der Waals surface area contributed by atoms with Crippen molar-refractivity contribution in [1.29, 1.82) is 5.26 Å². The summed E-state index contributed by atoms with van der Waals surface area (Å²) in [5.74, 6) is 2.37. The van der Waals surface area contributed by atoms with E-state index < -0.39 is 0 Å². The molecule has 6 nitrogen and oxygen atoms in total. The molecule has 1 aromatic heterocycles. The molecule has 0 amide bonds. The standard InChI is InChI=1S/C16H20N4O2S2/c1-21-13-6-5-12(11-14(13)22-2)7-9-18-15-19-20-16(24-15)23-10-4-3-8-17/h5-6,11H,3-4,7,9-10H2,1-2H3,(H,18,19). The lowest BCUT2D eigenvalue weighted by Crippen LogP contribution is -2.04. The molecule has 0 aliphatic carbocycles. The van der Waals surface area contributed by atoms with Crippen molar-refractivity contribution >= 4 is 28.2 Å². The first-order chi connectivity index (χ1) is 11.8. The Kier molecular flexibility index (Phi) is 7.65. The number of anilines is 1. The van der Waals surface area contributed by atoms with Crippen molar-refractivity contribution in [1.82, 2.24) is 10.2 Å². The van der Waals surface area contributed by atoms with Gasteiger partial charge in [0.1, 0.15) is 0 Å². The number of nitrogens with zero attached hydrogens (tertiary/aromatic N) is 3. The lowest BCUT2D eigenvalue weighted by atomic mass is 10.1. The van der Waals surface area contributed by atoms with Gasteiger partial charge in [0.2, 0.25) is 5.13 Å². The van der Waals surface area contributed by atoms with E-state index in [4.69, 9.17) is 14.7 Å². The van der Waals surface area contributed by atoms with Crippen LogP contribution in [0.15, 0.2) is 22.5 Å². The highest BCUT2D eigenvalue weighted by Crippen LogP contribution is 2.28. The predicted octanol–water partition coefficient (Wildman–Crippen LogP) is 3.61. The Balaban J connectivity index is 1.78. The largest absolute Gasteiger partial charge is 0.493 e. The Bertz CT molecular complexity index is 685. The molecule has 0 unspecified atom stereocenters. The number of ether oxygens (including phenoxy) is 2. The zero-order valence-electron chi connectivity index (χ0n) is 13.7. The van der Waals surface area contributed by atoms with Crippen LogP contribution in [0.2, 0.25) is 0 Å². The number of nitrogens with one attached hydrogen (secondary N) is 1. The molecular weight excluding hydrogens is 344 g/mol. The molecule has 8 heteroatoms. The highest BCUT2D eigenvalue weighted by atomic mass is 32.2. The summed E-state index contributed by atoms with van der Waals surface area (Å²) < 4.78 is 11.5. The van der Waals surface area contributed by atoms with Gasteiger partial charge in [-0.3, -0.25) is 0 Å². The number of nitriles is 1. The molecule has 128 valence electrons. The molecular formula is C16H20N4O2S2. The topological polar surface area (TPSA) is 80.1 Å². The van der Waals surface area contributed by atoms with Crippen molar-refractivity contribution in [2.75, 3.05) is 31.8 Å². The fraction of sp³-hybridized carbons (Fsp3) is 0.438. The van der Waals surface area contributed by atoms with E-state index in [0.717, 1.165) is 51.7 Å². The maximum atomic E-state index is 8.51. The molecule has 0 atom stereocenters. The summed E-state index contributed by atoms with van der Waals surface area (Å²) in [6, 6.07) is 8.07. The van der Waals surface area contributed by atoms with Gasteiger partial charge in [-0.25, -0.2) is 0 Å². The SMILES string of the molecule is COc1ccc(CCNc2nnc(SCCCC#N)s2)cc1OC. The molecule has 1 aromatic carbocycles. The van der Waals surface area contributed by atoms with Crippen molar-refractivity contribution in [2.45, 2.75) is 23.6 Å². The third-order valence-electron chi connectivity index (χ3n) is 3.20. The van der Waals surface area contributed by atoms with E-state index in [2.05, 4.69) is 21.6 Å². The third kappa shape index (κ3) is 5.58. The minimum atomic E-state index is 0.586. The number of hydrogen-bond acceptors (Lipinski definition) is 8. The molecule has 0 fully saturated rings. The molecule has 0 spiro atoms. The molecule has 0 saturated heterocycles. The third-order valence-corrected chi connectivity index (χ3v) is 5.30. The Labute approximate surface area is 150 Å². The average Bonchev–Trinajstić information content (AvgIpc) is 3.06. The van der Waals surface area contributed by atoms with Crippen LogP contribution in [-0.4, -0.2) is 36.7 Å². The van der Waals surface area contributed by atoms with Gasteiger partial charge in [0, 0.05) is 18.7 Å². The smallest absolute Gasteiger partial charge is 0.206 e. The lowest BCUT2D eigenvalue weighted by Gasteiger charge is -2.09. The first kappa shape index (κ1) is 18.4. The fourth-order valence-corrected chi connectivity index (χ4v) is 3.79. The normalized spacial score (nSPS) is 10.2. The zero-order valence-corrected chi connectivity index (χ0v) is 15.4. The molecule has 1 N–H and O–H groups in total. The highest BCUT2D eigenvalue weighted by Gasteiger charge is 2.06. The summed E-state index contributed by atoms with van der Waals surface area (Å²) in [6.45, 7) is 0.767. The van der Waals surface area contributed by atoms with Gasteiger partial charge < -0.3 is 14.8 Å². The van der Waals surface area contributed by atoms with Crippen LogP contribution in [0, 0.1) is 11.3 Å². The number of methoxy groups -OCH3 is 2. The molecule has 0 aliphatic rings. The number of aromatic nitrogens is 2. The van der Waals surface area contributed by atoms with E-state index in [1.54, 1.807) is 37.3 Å². The second-order valence-corrected chi connectivity index (χ2v) is 7.17. The van der Waals surface area contributed by atoms with Crippen molar-refractivity contribution in [2.24, 2.45) is 0 Å². The molecule has 0 bridgehead atoms. The minimum Gasteiger partial charge on any atom is -0.493 e. The molecule has 0 aliphatic heterocycles. The monoisotopic (exact) mass is 364 g/mol. The van der Waals surface area contributed by atoms with Crippen LogP contribution in [0.4, 0.5) is 5.13 Å². The lowest BCUT2D eigenvalue weighted by molar-refractivity contribution is 0.354. The first-order valence-corrected chi connectivity index (χ1v) is 9.35. The Hall–Kier alpha value is -1.98. The van der Waals surface area contributed by atoms with Crippen molar-refractivity contribution in [3.63, 3.8) is 0 Å². The van der Waals surface area contributed by atoms with E-state index in [-0.39, 0.29) is 0 Å². The van der Waals surface area contributed by atoms with Crippen LogP contribution in [-0.2, 0) is 6.42 Å². The molecule has 2 rings (SSSR count). The number of rotatable bonds is 10. The zero-order chi connectivity index (χ0) is 17.2. The van der Waals surface area contributed by atoms with Gasteiger partial charge >= 0.3 is 0 Å². The Morgan fingerprint density at radius 2 is 2.08 bits per heavy atom. The van der Waals surface area contributed by atoms with Gasteiger partial charge in [0.25, 0.3) is 0 Å². The first-order valence-electron chi connectivity index (χ1n) is 7.55. The van der Waals surface area contributed by atoms with Crippen LogP contribution in [0.25, 0.3) is 0 Å². The highest BCUT2D eigenvalue weighted by molar-refractivity contribution is 8.01. The number of benzene rings is 1. The Morgan fingerprint density at radius 1 is 1.25 bits per heavy atom. The van der Waals surface area contributed by atoms with E-state index >= 15 is 0 Å². The average molecular weight is 364 g/mol. The summed E-state index contributed by atoms with van der Waals surface area (Å²) in [6.07, 6.45) is 2.32. The van der Waals surface area contributed by atoms with Crippen LogP contribution < -0.4 is 14.8 Å². The van der Waals surface area contributed by atoms with Crippen molar-refractivity contribution in [3.05, 3.63) is 23.8 Å². The number of unbranched alkanes of at least 4 members (excludes halogenated alkanes) is 1. The number of hydrogen-bond donors (Lipinski definition) is 1. The second kappa shape index (κ2) is 10.0. The maximum absolute atomic E-state index is 8.51. The van der Waals surface area contributed by atoms with Crippen LogP contribution in [0.3, 0.4) is 0 Å². The molecule has 0 saturated carbocycles. The Morgan fingerprint density at radius 3 is 2.83 bits per heavy atom. The van der Waals surface area contributed by atoms with E-state index in [1.807, 2.05) is 18.2 Å². The second-order valence-electron chi connectivity index (χ2n) is 4.85. The minimum absolute atomic E-state index is 0.586. The van der Waals surface area contributed by atoms with Gasteiger partial charge in [0.05, 0.1) is 20.3 Å². The molecule has 0 radical (unpaired) electrons. The quantitative estimate of drug-likeness (QED) is 0.509. The van der Waals surface area contributed by atoms with Crippen LogP contribution >= 0.6 is 23.1 Å². The predicted molar refractivity (Wildman–Crippen MR) is 97.2 cm³/mol. The summed E-state index contributed by atoms with van der Waals surface area (Å²) in [4.78, 5) is 0. The molecule has 1 heterocycles. The summed E-state index contributed by atoms with van der Waals surface area (Å²) in [5.41, 5.74) is 1.16. The van der Waals surface area contributed by atoms with Gasteiger partial charge in [-0.2, -0.15) is 5.26 Å². The van der Waals surface area contributed by atoms with E-state index in [1.165, 1.54) is 0 Å². The van der Waals surface area contributed by atoms with E-state index in [9.17, 15) is 0 Å². The maximum Gasteiger partial charge on any atom is 0.206 e. The number of thioether (sulfide) groups is 1.